The molecular weight excluding hydrogens is 209 g/mol. The van der Waals surface area contributed by atoms with Crippen molar-refractivity contribution >= 4 is 5.97 Å². The third kappa shape index (κ3) is 8.27. The van der Waals surface area contributed by atoms with Crippen LogP contribution in [-0.2, 0) is 9.53 Å². The van der Waals surface area contributed by atoms with Crippen molar-refractivity contribution in [1.29, 1.82) is 0 Å². The molecule has 0 spiro atoms. The summed E-state index contributed by atoms with van der Waals surface area (Å²) in [6.45, 7) is 1.95. The van der Waals surface area contributed by atoms with Gasteiger partial charge in [0.05, 0.1) is 6.61 Å². The van der Waals surface area contributed by atoms with Crippen LogP contribution in [0.2, 0.25) is 0 Å². The van der Waals surface area contributed by atoms with Gasteiger partial charge in [-0.1, -0.05) is 39.0 Å². The summed E-state index contributed by atoms with van der Waals surface area (Å²) in [6.07, 6.45) is 0.797. The van der Waals surface area contributed by atoms with Gasteiger partial charge in [-0.2, -0.15) is 13.2 Å². The second-order valence-corrected chi connectivity index (χ2v) is 3.40. The van der Waals surface area contributed by atoms with Crippen molar-refractivity contribution in [2.24, 2.45) is 0 Å². The minimum Gasteiger partial charge on any atom is -0.459 e. The molecule has 0 aromatic rings. The van der Waals surface area contributed by atoms with Crippen molar-refractivity contribution in [2.45, 2.75) is 51.6 Å². The minimum atomic E-state index is -4.86. The molecule has 15 heavy (non-hydrogen) atoms. The van der Waals surface area contributed by atoms with Crippen LogP contribution < -0.4 is 0 Å². The normalized spacial score (nSPS) is 11.5. The maximum atomic E-state index is 11.7. The highest BCUT2D eigenvalue weighted by Crippen LogP contribution is 2.16. The zero-order valence-corrected chi connectivity index (χ0v) is 8.90. The van der Waals surface area contributed by atoms with E-state index in [0.29, 0.717) is 6.42 Å². The van der Waals surface area contributed by atoms with Gasteiger partial charge < -0.3 is 4.74 Å². The van der Waals surface area contributed by atoms with Crippen molar-refractivity contribution in [3.63, 3.8) is 0 Å². The van der Waals surface area contributed by atoms with E-state index in [9.17, 15) is 18.0 Å². The standard InChI is InChI=1S/C10H17F3O2/c1-2-3-4-5-6-7-8-15-9(14)10(11,12)13/h2-8H2,1H3. The molecule has 0 rings (SSSR count). The van der Waals surface area contributed by atoms with Gasteiger partial charge in [-0.25, -0.2) is 4.79 Å². The molecule has 0 fully saturated rings. The van der Waals surface area contributed by atoms with Gasteiger partial charge in [0.2, 0.25) is 0 Å². The lowest BCUT2D eigenvalue weighted by atomic mass is 10.1. The van der Waals surface area contributed by atoms with Crippen LogP contribution in [0.25, 0.3) is 0 Å². The maximum absolute atomic E-state index is 11.7. The van der Waals surface area contributed by atoms with Crippen LogP contribution in [0.3, 0.4) is 0 Å². The van der Waals surface area contributed by atoms with E-state index in [-0.39, 0.29) is 6.61 Å². The molecule has 0 aliphatic rings. The highest BCUT2D eigenvalue weighted by atomic mass is 19.4. The Labute approximate surface area is 87.8 Å². The molecule has 0 saturated heterocycles. The number of carbonyl (C=O) groups excluding carboxylic acids is 1. The topological polar surface area (TPSA) is 26.3 Å². The number of halogens is 3. The Bertz CT molecular complexity index is 178. The van der Waals surface area contributed by atoms with Crippen LogP contribution in [0.1, 0.15) is 45.4 Å². The lowest BCUT2D eigenvalue weighted by Crippen LogP contribution is -2.25. The summed E-state index contributed by atoms with van der Waals surface area (Å²) >= 11 is 0. The number of rotatable bonds is 7. The highest BCUT2D eigenvalue weighted by molar-refractivity contribution is 5.75. The van der Waals surface area contributed by atoms with Crippen LogP contribution in [-0.4, -0.2) is 18.8 Å². The van der Waals surface area contributed by atoms with Crippen molar-refractivity contribution in [2.75, 3.05) is 6.61 Å². The van der Waals surface area contributed by atoms with Crippen LogP contribution in [0.4, 0.5) is 13.2 Å². The molecule has 0 radical (unpaired) electrons. The fraction of sp³-hybridized carbons (Fsp3) is 0.900. The number of carbonyl (C=O) groups is 1. The number of hydrogen-bond donors (Lipinski definition) is 0. The summed E-state index contributed by atoms with van der Waals surface area (Å²) in [4.78, 5) is 10.3. The first-order valence-electron chi connectivity index (χ1n) is 5.22. The van der Waals surface area contributed by atoms with E-state index in [4.69, 9.17) is 0 Å². The third-order valence-corrected chi connectivity index (χ3v) is 1.96. The van der Waals surface area contributed by atoms with Crippen LogP contribution in [0.5, 0.6) is 0 Å². The fourth-order valence-electron chi connectivity index (χ4n) is 1.13. The van der Waals surface area contributed by atoms with E-state index in [1.165, 1.54) is 0 Å². The Kier molecular flexibility index (Phi) is 7.17. The van der Waals surface area contributed by atoms with Gasteiger partial charge in [-0.3, -0.25) is 0 Å². The van der Waals surface area contributed by atoms with Crippen LogP contribution >= 0.6 is 0 Å². The third-order valence-electron chi connectivity index (χ3n) is 1.96. The predicted molar refractivity (Wildman–Crippen MR) is 50.4 cm³/mol. The molecule has 2 nitrogen and oxygen atoms in total. The summed E-state index contributed by atoms with van der Waals surface area (Å²) < 4.78 is 39.0. The molecular formula is C10H17F3O2. The van der Waals surface area contributed by atoms with E-state index < -0.39 is 12.1 Å². The van der Waals surface area contributed by atoms with Gasteiger partial charge in [0.1, 0.15) is 0 Å². The van der Waals surface area contributed by atoms with E-state index >= 15 is 0 Å². The summed E-state index contributed by atoms with van der Waals surface area (Å²) in [7, 11) is 0. The lowest BCUT2D eigenvalue weighted by molar-refractivity contribution is -0.199. The molecule has 0 aromatic heterocycles. The van der Waals surface area contributed by atoms with Gasteiger partial charge in [0, 0.05) is 0 Å². The SMILES string of the molecule is CCCCCCCCOC(=O)C(F)(F)F. The first-order chi connectivity index (χ1) is 6.98. The Morgan fingerprint density at radius 2 is 1.60 bits per heavy atom. The second kappa shape index (κ2) is 7.54. The van der Waals surface area contributed by atoms with Crippen LogP contribution in [0.15, 0.2) is 0 Å². The molecule has 0 atom stereocenters. The molecule has 0 unspecified atom stereocenters. The first-order valence-corrected chi connectivity index (χ1v) is 5.22. The molecule has 0 aliphatic heterocycles. The van der Waals surface area contributed by atoms with Crippen molar-refractivity contribution in [3.05, 3.63) is 0 Å². The van der Waals surface area contributed by atoms with Gasteiger partial charge in [-0.05, 0) is 6.42 Å². The second-order valence-electron chi connectivity index (χ2n) is 3.40. The zero-order valence-electron chi connectivity index (χ0n) is 8.90. The lowest BCUT2D eigenvalue weighted by Gasteiger charge is -2.06. The zero-order chi connectivity index (χ0) is 11.7. The Hall–Kier alpha value is -0.740. The molecule has 0 N–H and O–H groups in total. The minimum absolute atomic E-state index is 0.134. The Morgan fingerprint density at radius 3 is 2.13 bits per heavy atom. The number of unbranched alkanes of at least 4 members (excludes halogenated alkanes) is 5. The molecule has 5 heteroatoms. The fourth-order valence-corrected chi connectivity index (χ4v) is 1.13. The van der Waals surface area contributed by atoms with Gasteiger partial charge in [-0.15, -0.1) is 0 Å². The molecule has 0 bridgehead atoms. The smallest absolute Gasteiger partial charge is 0.459 e. The van der Waals surface area contributed by atoms with Crippen molar-refractivity contribution in [1.82, 2.24) is 0 Å². The van der Waals surface area contributed by atoms with Gasteiger partial charge >= 0.3 is 12.1 Å². The van der Waals surface area contributed by atoms with E-state index in [1.807, 2.05) is 0 Å². The largest absolute Gasteiger partial charge is 0.490 e. The van der Waals surface area contributed by atoms with Gasteiger partial charge in [0.15, 0.2) is 0 Å². The molecule has 0 aromatic carbocycles. The molecule has 0 aliphatic carbocycles. The quantitative estimate of drug-likeness (QED) is 0.491. The van der Waals surface area contributed by atoms with E-state index in [2.05, 4.69) is 11.7 Å². The highest BCUT2D eigenvalue weighted by Gasteiger charge is 2.40. The number of ether oxygens (including phenoxy) is 1. The summed E-state index contributed by atoms with van der Waals surface area (Å²) in [5, 5.41) is 0. The molecule has 90 valence electrons. The van der Waals surface area contributed by atoms with Crippen LogP contribution in [0, 0.1) is 0 Å². The Balaban J connectivity index is 3.28. The van der Waals surface area contributed by atoms with Crippen molar-refractivity contribution < 1.29 is 22.7 Å². The summed E-state index contributed by atoms with van der Waals surface area (Å²) in [5.41, 5.74) is 0. The Morgan fingerprint density at radius 1 is 1.07 bits per heavy atom. The molecule has 0 saturated carbocycles. The van der Waals surface area contributed by atoms with Gasteiger partial charge in [0.25, 0.3) is 0 Å². The summed E-state index contributed by atoms with van der Waals surface area (Å²) in [5.74, 6) is -2.09. The van der Waals surface area contributed by atoms with Crippen molar-refractivity contribution in [3.8, 4) is 0 Å². The maximum Gasteiger partial charge on any atom is 0.490 e. The first kappa shape index (κ1) is 14.3. The predicted octanol–water partition coefficient (Wildman–Crippen LogP) is 3.45. The molecule has 0 amide bonds. The van der Waals surface area contributed by atoms with E-state index in [0.717, 1.165) is 32.1 Å². The summed E-state index contributed by atoms with van der Waals surface area (Å²) in [6, 6.07) is 0. The molecule has 0 heterocycles. The average molecular weight is 226 g/mol. The number of esters is 1. The monoisotopic (exact) mass is 226 g/mol. The number of hydrogen-bond acceptors (Lipinski definition) is 2. The number of alkyl halides is 3. The van der Waals surface area contributed by atoms with E-state index in [1.54, 1.807) is 0 Å². The average Bonchev–Trinajstić information content (AvgIpc) is 2.14.